The lowest BCUT2D eigenvalue weighted by molar-refractivity contribution is 0.0950. The molecular weight excluding hydrogens is 434 g/mol. The number of sulfonamides is 1. The molecular formula is C26H29N3O3S. The smallest absolute Gasteiger partial charge is 0.251 e. The first-order chi connectivity index (χ1) is 15.8. The second kappa shape index (κ2) is 9.77. The van der Waals surface area contributed by atoms with E-state index in [0.29, 0.717) is 12.1 Å². The average Bonchev–Trinajstić information content (AvgIpc) is 2.82. The Morgan fingerprint density at radius 3 is 2.55 bits per heavy atom. The Morgan fingerprint density at radius 2 is 1.76 bits per heavy atom. The Hall–Kier alpha value is -3.16. The third-order valence-electron chi connectivity index (χ3n) is 6.02. The Morgan fingerprint density at radius 1 is 0.970 bits per heavy atom. The van der Waals surface area contributed by atoms with Crippen molar-refractivity contribution < 1.29 is 13.2 Å². The number of carbonyl (C=O) groups is 1. The summed E-state index contributed by atoms with van der Waals surface area (Å²) in [5.41, 5.74) is 5.51. The molecule has 2 N–H and O–H groups in total. The highest BCUT2D eigenvalue weighted by Crippen LogP contribution is 2.26. The molecule has 0 saturated heterocycles. The molecule has 1 heterocycles. The van der Waals surface area contributed by atoms with Gasteiger partial charge in [0.05, 0.1) is 4.90 Å². The van der Waals surface area contributed by atoms with Crippen LogP contribution in [0.3, 0.4) is 0 Å². The summed E-state index contributed by atoms with van der Waals surface area (Å²) in [5, 5.41) is 2.94. The molecule has 0 unspecified atom stereocenters. The molecule has 3 aromatic rings. The van der Waals surface area contributed by atoms with Crippen molar-refractivity contribution in [2.75, 3.05) is 18.5 Å². The molecule has 0 atom stereocenters. The molecule has 4 rings (SSSR count). The van der Waals surface area contributed by atoms with Crippen molar-refractivity contribution in [1.29, 1.82) is 0 Å². The Kier molecular flexibility index (Phi) is 6.81. The van der Waals surface area contributed by atoms with Crippen molar-refractivity contribution in [2.45, 2.75) is 37.8 Å². The summed E-state index contributed by atoms with van der Waals surface area (Å²) in [6.45, 7) is 3.43. The number of rotatable bonds is 7. The van der Waals surface area contributed by atoms with Crippen LogP contribution in [0.1, 0.15) is 39.0 Å². The van der Waals surface area contributed by atoms with E-state index in [0.717, 1.165) is 36.1 Å². The van der Waals surface area contributed by atoms with Gasteiger partial charge < -0.3 is 10.2 Å². The van der Waals surface area contributed by atoms with E-state index in [1.165, 1.54) is 23.4 Å². The monoisotopic (exact) mass is 463 g/mol. The fourth-order valence-corrected chi connectivity index (χ4v) is 5.14. The lowest BCUT2D eigenvalue weighted by Gasteiger charge is -2.27. The van der Waals surface area contributed by atoms with Crippen LogP contribution in [0.5, 0.6) is 0 Å². The Labute approximate surface area is 195 Å². The minimum Gasteiger partial charge on any atom is -0.374 e. The maximum atomic E-state index is 12.9. The molecule has 0 saturated carbocycles. The minimum absolute atomic E-state index is 0.0750. The van der Waals surface area contributed by atoms with Crippen LogP contribution in [0.15, 0.2) is 71.6 Å². The zero-order valence-electron chi connectivity index (χ0n) is 19.0. The molecule has 7 heteroatoms. The summed E-state index contributed by atoms with van der Waals surface area (Å²) in [5.74, 6) is -0.289. The standard InChI is InChI=1S/C26H29N3O3S/c1-19-10-12-23(33(31,32)28-18-20-7-4-3-5-8-20)16-24(19)26(30)27-17-21-11-13-25-22(15-21)9-6-14-29(25)2/h3-5,7-8,10-13,15-16,28H,6,9,14,17-18H2,1-2H3,(H,27,30). The van der Waals surface area contributed by atoms with Crippen LogP contribution >= 0.6 is 0 Å². The maximum Gasteiger partial charge on any atom is 0.251 e. The van der Waals surface area contributed by atoms with Gasteiger partial charge in [-0.3, -0.25) is 4.79 Å². The van der Waals surface area contributed by atoms with E-state index in [1.54, 1.807) is 13.0 Å². The molecule has 0 aromatic heterocycles. The zero-order chi connectivity index (χ0) is 23.4. The van der Waals surface area contributed by atoms with Crippen molar-refractivity contribution in [2.24, 2.45) is 0 Å². The Balaban J connectivity index is 1.45. The van der Waals surface area contributed by atoms with Crippen LogP contribution in [-0.4, -0.2) is 27.9 Å². The Bertz CT molecular complexity index is 1260. The van der Waals surface area contributed by atoms with Crippen LogP contribution in [0, 0.1) is 6.92 Å². The van der Waals surface area contributed by atoms with Crippen molar-refractivity contribution in [3.8, 4) is 0 Å². The maximum absolute atomic E-state index is 12.9. The first kappa shape index (κ1) is 23.0. The van der Waals surface area contributed by atoms with E-state index >= 15 is 0 Å². The number of hydrogen-bond donors (Lipinski definition) is 2. The van der Waals surface area contributed by atoms with E-state index < -0.39 is 10.0 Å². The molecule has 3 aromatic carbocycles. The quantitative estimate of drug-likeness (QED) is 0.559. The molecule has 0 radical (unpaired) electrons. The second-order valence-electron chi connectivity index (χ2n) is 8.46. The zero-order valence-corrected chi connectivity index (χ0v) is 19.8. The van der Waals surface area contributed by atoms with E-state index in [1.807, 2.05) is 36.4 Å². The van der Waals surface area contributed by atoms with Gasteiger partial charge in [-0.1, -0.05) is 48.5 Å². The summed E-state index contributed by atoms with van der Waals surface area (Å²) < 4.78 is 28.2. The normalized spacial score (nSPS) is 13.5. The number of nitrogens with zero attached hydrogens (tertiary/aromatic N) is 1. The first-order valence-electron chi connectivity index (χ1n) is 11.1. The molecule has 0 spiro atoms. The van der Waals surface area contributed by atoms with Gasteiger partial charge in [-0.15, -0.1) is 0 Å². The van der Waals surface area contributed by atoms with Gasteiger partial charge in [0.25, 0.3) is 5.91 Å². The lowest BCUT2D eigenvalue weighted by atomic mass is 9.99. The summed E-state index contributed by atoms with van der Waals surface area (Å²) in [7, 11) is -1.65. The van der Waals surface area contributed by atoms with Crippen LogP contribution in [0.2, 0.25) is 0 Å². The number of benzene rings is 3. The summed E-state index contributed by atoms with van der Waals surface area (Å²) in [6.07, 6.45) is 2.16. The number of aryl methyl sites for hydroxylation is 2. The van der Waals surface area contributed by atoms with E-state index in [9.17, 15) is 13.2 Å². The number of carbonyl (C=O) groups excluding carboxylic acids is 1. The molecule has 0 bridgehead atoms. The molecule has 33 heavy (non-hydrogen) atoms. The highest BCUT2D eigenvalue weighted by molar-refractivity contribution is 7.89. The topological polar surface area (TPSA) is 78.5 Å². The molecule has 1 aliphatic rings. The third kappa shape index (κ3) is 5.43. The van der Waals surface area contributed by atoms with Crippen molar-refractivity contribution in [3.05, 3.63) is 94.5 Å². The van der Waals surface area contributed by atoms with Crippen LogP contribution < -0.4 is 14.9 Å². The van der Waals surface area contributed by atoms with Gasteiger partial charge in [0.2, 0.25) is 10.0 Å². The van der Waals surface area contributed by atoms with E-state index in [-0.39, 0.29) is 17.3 Å². The minimum atomic E-state index is -3.75. The molecule has 1 amide bonds. The van der Waals surface area contributed by atoms with Crippen LogP contribution in [-0.2, 0) is 29.5 Å². The molecule has 0 aliphatic carbocycles. The molecule has 6 nitrogen and oxygen atoms in total. The van der Waals surface area contributed by atoms with Gasteiger partial charge in [-0.2, -0.15) is 0 Å². The van der Waals surface area contributed by atoms with Gasteiger partial charge in [0, 0.05) is 37.9 Å². The fourth-order valence-electron chi connectivity index (χ4n) is 4.10. The number of fused-ring (bicyclic) bond motifs is 1. The van der Waals surface area contributed by atoms with Crippen LogP contribution in [0.4, 0.5) is 5.69 Å². The van der Waals surface area contributed by atoms with Crippen molar-refractivity contribution in [3.63, 3.8) is 0 Å². The number of hydrogen-bond acceptors (Lipinski definition) is 4. The molecule has 172 valence electrons. The van der Waals surface area contributed by atoms with Gasteiger partial charge in [-0.25, -0.2) is 13.1 Å². The van der Waals surface area contributed by atoms with Gasteiger partial charge in [0.15, 0.2) is 0 Å². The highest BCUT2D eigenvalue weighted by Gasteiger charge is 2.18. The van der Waals surface area contributed by atoms with Crippen molar-refractivity contribution in [1.82, 2.24) is 10.0 Å². The predicted molar refractivity (Wildman–Crippen MR) is 131 cm³/mol. The summed E-state index contributed by atoms with van der Waals surface area (Å²) >= 11 is 0. The van der Waals surface area contributed by atoms with Gasteiger partial charge in [0.1, 0.15) is 0 Å². The van der Waals surface area contributed by atoms with Gasteiger partial charge >= 0.3 is 0 Å². The highest BCUT2D eigenvalue weighted by atomic mass is 32.2. The largest absolute Gasteiger partial charge is 0.374 e. The summed E-state index contributed by atoms with van der Waals surface area (Å²) in [4.78, 5) is 15.2. The predicted octanol–water partition coefficient (Wildman–Crippen LogP) is 3.79. The summed E-state index contributed by atoms with van der Waals surface area (Å²) in [6, 6.07) is 20.2. The van der Waals surface area contributed by atoms with E-state index in [4.69, 9.17) is 0 Å². The average molecular weight is 464 g/mol. The molecule has 0 fully saturated rings. The third-order valence-corrected chi connectivity index (χ3v) is 7.42. The van der Waals surface area contributed by atoms with Crippen molar-refractivity contribution >= 4 is 21.6 Å². The number of amides is 1. The SMILES string of the molecule is Cc1ccc(S(=O)(=O)NCc2ccccc2)cc1C(=O)NCc1ccc2c(c1)CCCN2C. The van der Waals surface area contributed by atoms with Gasteiger partial charge in [-0.05, 0) is 60.2 Å². The fraction of sp³-hybridized carbons (Fsp3) is 0.269. The number of nitrogens with one attached hydrogen (secondary N) is 2. The number of anilines is 1. The second-order valence-corrected chi connectivity index (χ2v) is 10.2. The molecule has 1 aliphatic heterocycles. The van der Waals surface area contributed by atoms with Crippen LogP contribution in [0.25, 0.3) is 0 Å². The lowest BCUT2D eigenvalue weighted by Crippen LogP contribution is -2.27. The van der Waals surface area contributed by atoms with E-state index in [2.05, 4.69) is 34.1 Å². The first-order valence-corrected chi connectivity index (χ1v) is 12.6.